The van der Waals surface area contributed by atoms with E-state index in [0.29, 0.717) is 11.3 Å². The summed E-state index contributed by atoms with van der Waals surface area (Å²) in [6.45, 7) is 13.1. The van der Waals surface area contributed by atoms with Crippen LogP contribution in [0.1, 0.15) is 56.2 Å². The summed E-state index contributed by atoms with van der Waals surface area (Å²) in [4.78, 5) is 31.7. The molecule has 0 fully saturated rings. The molecule has 5 nitrogen and oxygen atoms in total. The Hall–Kier alpha value is -2.43. The van der Waals surface area contributed by atoms with Crippen molar-refractivity contribution in [3.63, 3.8) is 0 Å². The van der Waals surface area contributed by atoms with E-state index in [1.165, 1.54) is 0 Å². The third-order valence-electron chi connectivity index (χ3n) is 4.54. The number of carbonyl (C=O) groups excluding carboxylic acids is 2. The Labute approximate surface area is 155 Å². The quantitative estimate of drug-likeness (QED) is 0.759. The van der Waals surface area contributed by atoms with Gasteiger partial charge in [0, 0.05) is 17.5 Å². The van der Waals surface area contributed by atoms with Crippen LogP contribution in [0.4, 0.5) is 0 Å². The van der Waals surface area contributed by atoms with Crippen LogP contribution in [0.5, 0.6) is 0 Å². The van der Waals surface area contributed by atoms with Crippen LogP contribution in [-0.4, -0.2) is 39.9 Å². The Balaban J connectivity index is 2.30. The molecular weight excluding hydrogens is 328 g/mol. The lowest BCUT2D eigenvalue weighted by molar-refractivity contribution is -0.143. The molecular formula is C21H28N2O3. The van der Waals surface area contributed by atoms with Crippen LogP contribution in [0.3, 0.4) is 0 Å². The lowest BCUT2D eigenvalue weighted by atomic mass is 10.0. The second-order valence-electron chi connectivity index (χ2n) is 7.19. The van der Waals surface area contributed by atoms with E-state index in [2.05, 4.69) is 4.98 Å². The van der Waals surface area contributed by atoms with Crippen molar-refractivity contribution in [3.8, 4) is 0 Å². The van der Waals surface area contributed by atoms with Gasteiger partial charge >= 0.3 is 5.97 Å². The molecule has 1 atom stereocenters. The van der Waals surface area contributed by atoms with Gasteiger partial charge in [-0.3, -0.25) is 9.78 Å². The van der Waals surface area contributed by atoms with Gasteiger partial charge in [0.25, 0.3) is 5.91 Å². The van der Waals surface area contributed by atoms with Gasteiger partial charge in [-0.15, -0.1) is 0 Å². The topological polar surface area (TPSA) is 59.5 Å². The van der Waals surface area contributed by atoms with Crippen LogP contribution >= 0.6 is 0 Å². The summed E-state index contributed by atoms with van der Waals surface area (Å²) in [5.41, 5.74) is 2.70. The fourth-order valence-electron chi connectivity index (χ4n) is 3.42. The molecule has 2 aromatic rings. The van der Waals surface area contributed by atoms with Crippen molar-refractivity contribution >= 4 is 22.8 Å². The number of hydrogen-bond acceptors (Lipinski definition) is 4. The zero-order valence-electron chi connectivity index (χ0n) is 16.7. The van der Waals surface area contributed by atoms with Crippen molar-refractivity contribution in [3.05, 3.63) is 41.1 Å². The van der Waals surface area contributed by atoms with Gasteiger partial charge in [0.1, 0.15) is 0 Å². The van der Waals surface area contributed by atoms with Crippen LogP contribution in [0, 0.1) is 13.8 Å². The summed E-state index contributed by atoms with van der Waals surface area (Å²) in [7, 11) is 0. The minimum atomic E-state index is -0.849. The Kier molecular flexibility index (Phi) is 6.01. The van der Waals surface area contributed by atoms with Crippen molar-refractivity contribution in [2.45, 2.75) is 66.7 Å². The summed E-state index contributed by atoms with van der Waals surface area (Å²) in [5, 5.41) is 0.912. The molecule has 26 heavy (non-hydrogen) atoms. The van der Waals surface area contributed by atoms with Gasteiger partial charge in [-0.05, 0) is 60.1 Å². The molecule has 1 amide bonds. The smallest absolute Gasteiger partial charge is 0.341 e. The molecule has 0 N–H and O–H groups in total. The Morgan fingerprint density at radius 2 is 1.58 bits per heavy atom. The van der Waals surface area contributed by atoms with Gasteiger partial charge in [-0.2, -0.15) is 0 Å². The second kappa shape index (κ2) is 7.85. The van der Waals surface area contributed by atoms with E-state index in [-0.39, 0.29) is 18.0 Å². The highest BCUT2D eigenvalue weighted by Gasteiger charge is 2.29. The standard InChI is InChI=1S/C21H28N2O3/c1-12(2)23(13(3)4)20(24)16(7)26-21(25)19-14(5)17-10-8-9-11-18(17)22-15(19)6/h8-13,16H,1-7H3. The number of para-hydroxylation sites is 1. The van der Waals surface area contributed by atoms with Crippen molar-refractivity contribution in [2.75, 3.05) is 0 Å². The van der Waals surface area contributed by atoms with E-state index >= 15 is 0 Å². The number of fused-ring (bicyclic) bond motifs is 1. The number of rotatable bonds is 5. The zero-order chi connectivity index (χ0) is 19.6. The number of esters is 1. The zero-order valence-corrected chi connectivity index (χ0v) is 16.7. The number of pyridine rings is 1. The number of benzene rings is 1. The van der Waals surface area contributed by atoms with Crippen LogP contribution < -0.4 is 0 Å². The second-order valence-corrected chi connectivity index (χ2v) is 7.19. The van der Waals surface area contributed by atoms with Gasteiger partial charge in [-0.1, -0.05) is 18.2 Å². The van der Waals surface area contributed by atoms with E-state index in [1.54, 1.807) is 18.7 Å². The molecule has 140 valence electrons. The summed E-state index contributed by atoms with van der Waals surface area (Å²) >= 11 is 0. The largest absolute Gasteiger partial charge is 0.449 e. The molecule has 0 aliphatic heterocycles. The fraction of sp³-hybridized carbons (Fsp3) is 0.476. The Bertz CT molecular complexity index is 819. The first-order valence-corrected chi connectivity index (χ1v) is 9.04. The number of amides is 1. The van der Waals surface area contributed by atoms with Crippen LogP contribution in [0.2, 0.25) is 0 Å². The molecule has 0 aliphatic rings. The first-order chi connectivity index (χ1) is 12.1. The first-order valence-electron chi connectivity index (χ1n) is 9.04. The molecule has 0 aliphatic carbocycles. The van der Waals surface area contributed by atoms with Gasteiger partial charge in [-0.25, -0.2) is 4.79 Å². The van der Waals surface area contributed by atoms with E-state index in [9.17, 15) is 9.59 Å². The molecule has 0 saturated carbocycles. The minimum Gasteiger partial charge on any atom is -0.449 e. The molecule has 0 spiro atoms. The number of ether oxygens (including phenoxy) is 1. The maximum atomic E-state index is 12.8. The Morgan fingerprint density at radius 3 is 2.15 bits per heavy atom. The highest BCUT2D eigenvalue weighted by atomic mass is 16.5. The highest BCUT2D eigenvalue weighted by molar-refractivity contribution is 5.99. The van der Waals surface area contributed by atoms with Crippen LogP contribution in [0.15, 0.2) is 24.3 Å². The van der Waals surface area contributed by atoms with Crippen molar-refractivity contribution in [1.82, 2.24) is 9.88 Å². The monoisotopic (exact) mass is 356 g/mol. The highest BCUT2D eigenvalue weighted by Crippen LogP contribution is 2.23. The van der Waals surface area contributed by atoms with Crippen molar-refractivity contribution in [1.29, 1.82) is 0 Å². The summed E-state index contributed by atoms with van der Waals surface area (Å²) in [6, 6.07) is 7.75. The fourth-order valence-corrected chi connectivity index (χ4v) is 3.42. The number of aromatic nitrogens is 1. The number of aryl methyl sites for hydroxylation is 2. The minimum absolute atomic E-state index is 0.0365. The maximum absolute atomic E-state index is 12.8. The molecule has 0 saturated heterocycles. The van der Waals surface area contributed by atoms with Gasteiger partial charge in [0.2, 0.25) is 0 Å². The number of nitrogens with zero attached hydrogens (tertiary/aromatic N) is 2. The number of hydrogen-bond donors (Lipinski definition) is 0. The number of carbonyl (C=O) groups is 2. The van der Waals surface area contributed by atoms with E-state index in [4.69, 9.17) is 4.74 Å². The van der Waals surface area contributed by atoms with Crippen molar-refractivity contribution in [2.24, 2.45) is 0 Å². The van der Waals surface area contributed by atoms with E-state index in [1.807, 2.05) is 58.9 Å². The Morgan fingerprint density at radius 1 is 1.00 bits per heavy atom. The molecule has 2 rings (SSSR count). The summed E-state index contributed by atoms with van der Waals surface area (Å²) < 4.78 is 5.52. The molecule has 1 aromatic heterocycles. The summed E-state index contributed by atoms with van der Waals surface area (Å²) in [6.07, 6.45) is -0.849. The average Bonchev–Trinajstić information content (AvgIpc) is 2.53. The lowest BCUT2D eigenvalue weighted by Gasteiger charge is -2.32. The molecule has 5 heteroatoms. The summed E-state index contributed by atoms with van der Waals surface area (Å²) in [5.74, 6) is -0.695. The van der Waals surface area contributed by atoms with E-state index < -0.39 is 12.1 Å². The normalized spacial score (nSPS) is 12.5. The average molecular weight is 356 g/mol. The molecule has 1 unspecified atom stereocenters. The van der Waals surface area contributed by atoms with Gasteiger partial charge in [0.05, 0.1) is 16.8 Å². The van der Waals surface area contributed by atoms with Crippen molar-refractivity contribution < 1.29 is 14.3 Å². The molecule has 0 bridgehead atoms. The predicted molar refractivity (Wildman–Crippen MR) is 103 cm³/mol. The third kappa shape index (κ3) is 3.87. The molecule has 0 radical (unpaired) electrons. The maximum Gasteiger partial charge on any atom is 0.341 e. The lowest BCUT2D eigenvalue weighted by Crippen LogP contribution is -2.47. The molecule has 1 aromatic carbocycles. The van der Waals surface area contributed by atoms with E-state index in [0.717, 1.165) is 16.5 Å². The van der Waals surface area contributed by atoms with Crippen LogP contribution in [0.25, 0.3) is 10.9 Å². The molecule has 1 heterocycles. The van der Waals surface area contributed by atoms with Gasteiger partial charge < -0.3 is 9.64 Å². The first kappa shape index (κ1) is 19.9. The van der Waals surface area contributed by atoms with Gasteiger partial charge in [0.15, 0.2) is 6.10 Å². The van der Waals surface area contributed by atoms with Crippen LogP contribution in [-0.2, 0) is 9.53 Å². The SMILES string of the molecule is Cc1nc2ccccc2c(C)c1C(=O)OC(C)C(=O)N(C(C)C)C(C)C. The third-order valence-corrected chi connectivity index (χ3v) is 4.54. The predicted octanol–water partition coefficient (Wildman–Crippen LogP) is 4.04.